The molecular weight excluding hydrogens is 595 g/mol. The standard InChI is InChI=1S/C46H33N3/c1-46(2)42-14-8-6-12-38(42)39-26-20-33(28-43(39)46)32-18-23-36(24-19-32)48(35-21-16-31(30-47)17-22-35)37-25-27-41-40-13-7-9-15-44(40)49(45(41)29-37)34-10-4-3-5-11-34/h3-29H,1-2H3. The molecule has 0 saturated carbocycles. The van der Waals surface area contributed by atoms with Gasteiger partial charge in [-0.3, -0.25) is 0 Å². The third-order valence-corrected chi connectivity index (χ3v) is 10.2. The molecule has 9 rings (SSSR count). The number of nitrogens with zero attached hydrogens (tertiary/aromatic N) is 3. The Bertz CT molecular complexity index is 2570. The van der Waals surface area contributed by atoms with E-state index in [1.54, 1.807) is 0 Å². The molecule has 1 aliphatic carbocycles. The maximum Gasteiger partial charge on any atom is 0.0991 e. The zero-order valence-electron chi connectivity index (χ0n) is 27.4. The molecule has 0 fully saturated rings. The van der Waals surface area contributed by atoms with Crippen LogP contribution in [0.5, 0.6) is 0 Å². The van der Waals surface area contributed by atoms with E-state index in [0.717, 1.165) is 28.3 Å². The largest absolute Gasteiger partial charge is 0.310 e. The Labute approximate surface area is 286 Å². The van der Waals surface area contributed by atoms with Crippen LogP contribution in [0.15, 0.2) is 164 Å². The fourth-order valence-electron chi connectivity index (χ4n) is 7.77. The summed E-state index contributed by atoms with van der Waals surface area (Å²) in [4.78, 5) is 2.28. The minimum absolute atomic E-state index is 0.0465. The number of rotatable bonds is 5. The molecule has 3 heteroatoms. The molecule has 0 spiro atoms. The second-order valence-corrected chi connectivity index (χ2v) is 13.4. The van der Waals surface area contributed by atoms with Crippen molar-refractivity contribution < 1.29 is 0 Å². The molecule has 0 N–H and O–H groups in total. The molecule has 0 bridgehead atoms. The molecule has 7 aromatic carbocycles. The van der Waals surface area contributed by atoms with Gasteiger partial charge in [-0.1, -0.05) is 105 Å². The Morgan fingerprint density at radius 1 is 0.510 bits per heavy atom. The minimum Gasteiger partial charge on any atom is -0.310 e. The predicted octanol–water partition coefficient (Wildman–Crippen LogP) is 12.1. The lowest BCUT2D eigenvalue weighted by Crippen LogP contribution is -2.14. The number of benzene rings is 7. The van der Waals surface area contributed by atoms with Crippen LogP contribution >= 0.6 is 0 Å². The van der Waals surface area contributed by atoms with Crippen LogP contribution in [-0.4, -0.2) is 4.57 Å². The summed E-state index contributed by atoms with van der Waals surface area (Å²) in [6.45, 7) is 4.65. The number of nitriles is 1. The summed E-state index contributed by atoms with van der Waals surface area (Å²) in [5.74, 6) is 0. The monoisotopic (exact) mass is 627 g/mol. The first kappa shape index (κ1) is 28.8. The van der Waals surface area contributed by atoms with E-state index in [4.69, 9.17) is 0 Å². The second kappa shape index (κ2) is 11.1. The Morgan fingerprint density at radius 3 is 1.90 bits per heavy atom. The highest BCUT2D eigenvalue weighted by molar-refractivity contribution is 6.10. The summed E-state index contributed by atoms with van der Waals surface area (Å²) in [6.07, 6.45) is 0. The summed E-state index contributed by atoms with van der Waals surface area (Å²) in [5.41, 5.74) is 14.9. The molecule has 0 radical (unpaired) electrons. The Morgan fingerprint density at radius 2 is 1.12 bits per heavy atom. The molecular formula is C46H33N3. The van der Waals surface area contributed by atoms with Crippen LogP contribution in [0.25, 0.3) is 49.7 Å². The van der Waals surface area contributed by atoms with Gasteiger partial charge in [0.1, 0.15) is 0 Å². The van der Waals surface area contributed by atoms with Gasteiger partial charge in [-0.05, 0) is 106 Å². The summed E-state index contributed by atoms with van der Waals surface area (Å²) in [6, 6.07) is 60.6. The van der Waals surface area contributed by atoms with Crippen molar-refractivity contribution in [3.05, 3.63) is 180 Å². The molecule has 1 aliphatic rings. The molecule has 0 amide bonds. The average molecular weight is 628 g/mol. The van der Waals surface area contributed by atoms with Gasteiger partial charge >= 0.3 is 0 Å². The van der Waals surface area contributed by atoms with Crippen LogP contribution in [0.3, 0.4) is 0 Å². The molecule has 0 unspecified atom stereocenters. The highest BCUT2D eigenvalue weighted by Crippen LogP contribution is 2.49. The Kier molecular flexibility index (Phi) is 6.54. The molecule has 1 aromatic heterocycles. The number of fused-ring (bicyclic) bond motifs is 6. The van der Waals surface area contributed by atoms with Crippen molar-refractivity contribution in [2.24, 2.45) is 0 Å². The van der Waals surface area contributed by atoms with E-state index in [9.17, 15) is 5.26 Å². The van der Waals surface area contributed by atoms with Crippen molar-refractivity contribution in [3.63, 3.8) is 0 Å². The van der Waals surface area contributed by atoms with Gasteiger partial charge in [0.25, 0.3) is 0 Å². The van der Waals surface area contributed by atoms with Crippen LogP contribution in [0.2, 0.25) is 0 Å². The third-order valence-electron chi connectivity index (χ3n) is 10.2. The van der Waals surface area contributed by atoms with Gasteiger partial charge in [0.2, 0.25) is 0 Å². The number of aromatic nitrogens is 1. The lowest BCUT2D eigenvalue weighted by atomic mass is 9.81. The zero-order valence-corrected chi connectivity index (χ0v) is 27.4. The van der Waals surface area contributed by atoms with Crippen LogP contribution in [0.4, 0.5) is 17.1 Å². The van der Waals surface area contributed by atoms with Crippen LogP contribution in [0.1, 0.15) is 30.5 Å². The Hall–Kier alpha value is -6.37. The third kappa shape index (κ3) is 4.57. The number of hydrogen-bond donors (Lipinski definition) is 0. The summed E-state index contributed by atoms with van der Waals surface area (Å²) in [7, 11) is 0. The van der Waals surface area contributed by atoms with Crippen LogP contribution < -0.4 is 4.90 Å². The molecule has 232 valence electrons. The molecule has 0 atom stereocenters. The molecule has 8 aromatic rings. The van der Waals surface area contributed by atoms with Crippen molar-refractivity contribution in [1.29, 1.82) is 5.26 Å². The van der Waals surface area contributed by atoms with Gasteiger partial charge < -0.3 is 9.47 Å². The van der Waals surface area contributed by atoms with Crippen molar-refractivity contribution >= 4 is 38.9 Å². The molecule has 1 heterocycles. The molecule has 3 nitrogen and oxygen atoms in total. The summed E-state index contributed by atoms with van der Waals surface area (Å²) in [5, 5.41) is 12.0. The number of anilines is 3. The second-order valence-electron chi connectivity index (χ2n) is 13.4. The number of hydrogen-bond acceptors (Lipinski definition) is 2. The molecule has 0 aliphatic heterocycles. The minimum atomic E-state index is -0.0465. The summed E-state index contributed by atoms with van der Waals surface area (Å²) < 4.78 is 2.35. The van der Waals surface area contributed by atoms with Crippen molar-refractivity contribution in [1.82, 2.24) is 4.57 Å². The Balaban J connectivity index is 1.17. The van der Waals surface area contributed by atoms with E-state index >= 15 is 0 Å². The smallest absolute Gasteiger partial charge is 0.0991 e. The first-order valence-corrected chi connectivity index (χ1v) is 16.7. The quantitative estimate of drug-likeness (QED) is 0.190. The van der Waals surface area contributed by atoms with Gasteiger partial charge in [-0.15, -0.1) is 0 Å². The summed E-state index contributed by atoms with van der Waals surface area (Å²) >= 11 is 0. The van der Waals surface area contributed by atoms with E-state index < -0.39 is 0 Å². The molecule has 49 heavy (non-hydrogen) atoms. The first-order chi connectivity index (χ1) is 24.0. The fourth-order valence-corrected chi connectivity index (χ4v) is 7.77. The van der Waals surface area contributed by atoms with E-state index in [2.05, 4.69) is 169 Å². The van der Waals surface area contributed by atoms with Gasteiger partial charge in [-0.2, -0.15) is 5.26 Å². The van der Waals surface area contributed by atoms with E-state index in [0.29, 0.717) is 5.56 Å². The van der Waals surface area contributed by atoms with E-state index in [1.165, 1.54) is 49.7 Å². The predicted molar refractivity (Wildman–Crippen MR) is 203 cm³/mol. The fraction of sp³-hybridized carbons (Fsp3) is 0.0652. The van der Waals surface area contributed by atoms with Gasteiger partial charge in [0.15, 0.2) is 0 Å². The van der Waals surface area contributed by atoms with Crippen molar-refractivity contribution in [2.75, 3.05) is 4.90 Å². The van der Waals surface area contributed by atoms with Gasteiger partial charge in [0.05, 0.1) is 22.7 Å². The maximum absolute atomic E-state index is 9.54. The molecule has 0 saturated heterocycles. The SMILES string of the molecule is CC1(C)c2ccccc2-c2ccc(-c3ccc(N(c4ccc(C#N)cc4)c4ccc5c6ccccc6n(-c6ccccc6)c5c4)cc3)cc21. The lowest BCUT2D eigenvalue weighted by Gasteiger charge is -2.26. The van der Waals surface area contributed by atoms with Gasteiger partial charge in [0, 0.05) is 38.9 Å². The van der Waals surface area contributed by atoms with Crippen molar-refractivity contribution in [2.45, 2.75) is 19.3 Å². The van der Waals surface area contributed by atoms with E-state index in [1.807, 2.05) is 24.3 Å². The van der Waals surface area contributed by atoms with E-state index in [-0.39, 0.29) is 5.41 Å². The normalized spacial score (nSPS) is 12.8. The average Bonchev–Trinajstić information content (AvgIpc) is 3.60. The maximum atomic E-state index is 9.54. The van der Waals surface area contributed by atoms with Crippen LogP contribution in [-0.2, 0) is 5.41 Å². The van der Waals surface area contributed by atoms with Crippen molar-refractivity contribution in [3.8, 4) is 34.0 Å². The highest BCUT2D eigenvalue weighted by atomic mass is 15.1. The van der Waals surface area contributed by atoms with Gasteiger partial charge in [-0.25, -0.2) is 0 Å². The van der Waals surface area contributed by atoms with Crippen LogP contribution in [0, 0.1) is 11.3 Å². The topological polar surface area (TPSA) is 32.0 Å². The number of para-hydroxylation sites is 2. The zero-order chi connectivity index (χ0) is 33.1. The highest BCUT2D eigenvalue weighted by Gasteiger charge is 2.35. The lowest BCUT2D eigenvalue weighted by molar-refractivity contribution is 0.660. The first-order valence-electron chi connectivity index (χ1n) is 16.7.